The van der Waals surface area contributed by atoms with E-state index in [1.54, 1.807) is 50.2 Å². The summed E-state index contributed by atoms with van der Waals surface area (Å²) in [5.74, 6) is -12.2. The molecule has 2 aromatic carbocycles. The average Bonchev–Trinajstić information content (AvgIpc) is 3.20. The number of carboxylic acid groups (broad SMARTS) is 10. The number of aliphatic hydroxyl groups is 4. The van der Waals surface area contributed by atoms with Gasteiger partial charge in [0.1, 0.15) is 11.2 Å². The van der Waals surface area contributed by atoms with Crippen LogP contribution in [-0.2, 0) is 59.1 Å². The lowest BCUT2D eigenvalue weighted by atomic mass is 9.72. The molecule has 2 aromatic rings. The summed E-state index contributed by atoms with van der Waals surface area (Å²) in [6.45, 7) is 17.2. The fraction of sp³-hybridized carbons (Fsp3) is 0.256. The van der Waals surface area contributed by atoms with Gasteiger partial charge >= 0.3 is 59.7 Å². The standard InChI is InChI=1S/C18H22O4.5C5H6O4/c1-13-7-3-5-9-15(13)17(21,11-19)18(22,12-20)16-10-6-4-8-14(16)2;5*1-3(5(8)9)2-4(6)7/h3-10,19-22H,11-12H2,1-2H3;5*1-2H2,(H,6,7)(H,8,9)/t17-,18+;;;;;. The van der Waals surface area contributed by atoms with Gasteiger partial charge in [-0.2, -0.15) is 0 Å². The molecule has 24 nitrogen and oxygen atoms in total. The lowest BCUT2D eigenvalue weighted by Crippen LogP contribution is -2.55. The summed E-state index contributed by atoms with van der Waals surface area (Å²) in [7, 11) is 0. The number of aliphatic hydroxyl groups excluding tert-OH is 2. The van der Waals surface area contributed by atoms with Gasteiger partial charge in [-0.15, -0.1) is 0 Å². The summed E-state index contributed by atoms with van der Waals surface area (Å²) in [5, 5.41) is 122. The minimum atomic E-state index is -2.01. The minimum absolute atomic E-state index is 0.303. The molecule has 0 amide bonds. The molecule has 0 fully saturated rings. The fourth-order valence-corrected chi connectivity index (χ4v) is 4.24. The van der Waals surface area contributed by atoms with Crippen molar-refractivity contribution in [3.63, 3.8) is 0 Å². The van der Waals surface area contributed by atoms with Crippen LogP contribution in [0.5, 0.6) is 0 Å². The number of aliphatic carboxylic acids is 10. The topological polar surface area (TPSA) is 454 Å². The second-order valence-corrected chi connectivity index (χ2v) is 13.1. The molecule has 0 heterocycles. The van der Waals surface area contributed by atoms with Crippen LogP contribution in [0.4, 0.5) is 0 Å². The van der Waals surface area contributed by atoms with Gasteiger partial charge in [0, 0.05) is 27.9 Å². The number of benzene rings is 2. The first-order valence-electron chi connectivity index (χ1n) is 18.0. The maximum Gasteiger partial charge on any atom is 0.331 e. The van der Waals surface area contributed by atoms with Gasteiger partial charge in [0.25, 0.3) is 0 Å². The maximum atomic E-state index is 11.1. The van der Waals surface area contributed by atoms with E-state index in [9.17, 15) is 68.4 Å². The van der Waals surface area contributed by atoms with E-state index in [0.717, 1.165) is 11.1 Å². The molecule has 2 rings (SSSR count). The summed E-state index contributed by atoms with van der Waals surface area (Å²) in [6, 6.07) is 13.9. The molecule has 2 atom stereocenters. The first-order chi connectivity index (χ1) is 30.6. The molecule has 0 aromatic heterocycles. The normalized spacial score (nSPS) is 11.2. The Bertz CT molecular complexity index is 1900. The SMILES string of the molecule is C=C(CC(=O)O)C(=O)O.C=C(CC(=O)O)C(=O)O.C=C(CC(=O)O)C(=O)O.C=C(CC(=O)O)C(=O)O.C=C(CC(=O)O)C(=O)O.Cc1ccccc1[C@](O)(CO)[C@](O)(CO)c1ccccc1C. The van der Waals surface area contributed by atoms with Crippen LogP contribution >= 0.6 is 0 Å². The van der Waals surface area contributed by atoms with Crippen molar-refractivity contribution >= 4 is 59.7 Å². The second-order valence-electron chi connectivity index (χ2n) is 13.1. The molecule has 0 saturated heterocycles. The predicted molar refractivity (Wildman–Crippen MR) is 229 cm³/mol. The molecule has 0 aliphatic rings. The number of rotatable bonds is 20. The maximum absolute atomic E-state index is 11.1. The van der Waals surface area contributed by atoms with E-state index in [4.69, 9.17) is 51.1 Å². The number of hydrogen-bond acceptors (Lipinski definition) is 14. The highest BCUT2D eigenvalue weighted by Gasteiger charge is 2.52. The zero-order chi connectivity index (χ0) is 53.6. The summed E-state index contributed by atoms with van der Waals surface area (Å²) in [6.07, 6.45) is -2.52. The Morgan fingerprint density at radius 1 is 0.373 bits per heavy atom. The molecule has 0 bridgehead atoms. The van der Waals surface area contributed by atoms with E-state index < -0.39 is 116 Å². The largest absolute Gasteiger partial charge is 0.481 e. The average molecular weight is 953 g/mol. The number of carbonyl (C=O) groups is 10. The Morgan fingerprint density at radius 3 is 0.642 bits per heavy atom. The molecule has 0 aliphatic carbocycles. The summed E-state index contributed by atoms with van der Waals surface area (Å²) >= 11 is 0. The third-order valence-electron chi connectivity index (χ3n) is 7.66. The third-order valence-corrected chi connectivity index (χ3v) is 7.66. The Labute approximate surface area is 380 Å². The van der Waals surface area contributed by atoms with Crippen molar-refractivity contribution in [3.05, 3.63) is 132 Å². The van der Waals surface area contributed by atoms with E-state index in [0.29, 0.717) is 11.1 Å². The van der Waals surface area contributed by atoms with E-state index in [1.165, 1.54) is 0 Å². The highest BCUT2D eigenvalue weighted by atomic mass is 16.4. The van der Waals surface area contributed by atoms with Gasteiger partial charge in [0.2, 0.25) is 0 Å². The molecule has 14 N–H and O–H groups in total. The molecule has 0 unspecified atom stereocenters. The van der Waals surface area contributed by atoms with E-state index in [-0.39, 0.29) is 27.9 Å². The van der Waals surface area contributed by atoms with Crippen LogP contribution in [0.25, 0.3) is 0 Å². The van der Waals surface area contributed by atoms with E-state index >= 15 is 0 Å². The number of aryl methyl sites for hydroxylation is 2. The van der Waals surface area contributed by atoms with Crippen LogP contribution in [0, 0.1) is 13.8 Å². The summed E-state index contributed by atoms with van der Waals surface area (Å²) in [4.78, 5) is 98.3. The molecule has 0 radical (unpaired) electrons. The van der Waals surface area contributed by atoms with Crippen molar-refractivity contribution in [1.82, 2.24) is 0 Å². The van der Waals surface area contributed by atoms with Gasteiger partial charge < -0.3 is 71.5 Å². The van der Waals surface area contributed by atoms with Crippen LogP contribution in [-0.4, -0.2) is 144 Å². The van der Waals surface area contributed by atoms with Gasteiger partial charge in [-0.05, 0) is 36.1 Å². The molecule has 24 heteroatoms. The highest BCUT2D eigenvalue weighted by Crippen LogP contribution is 2.42. The molecular formula is C43H52O24. The zero-order valence-corrected chi connectivity index (χ0v) is 35.9. The van der Waals surface area contributed by atoms with E-state index in [2.05, 4.69) is 32.9 Å². The first-order valence-corrected chi connectivity index (χ1v) is 18.0. The predicted octanol–water partition coefficient (Wildman–Crippen LogP) is 1.87. The van der Waals surface area contributed by atoms with Crippen molar-refractivity contribution in [2.45, 2.75) is 57.2 Å². The van der Waals surface area contributed by atoms with Crippen molar-refractivity contribution < 1.29 is 119 Å². The van der Waals surface area contributed by atoms with Crippen molar-refractivity contribution in [2.75, 3.05) is 13.2 Å². The van der Waals surface area contributed by atoms with Gasteiger partial charge in [0.15, 0.2) is 0 Å². The van der Waals surface area contributed by atoms with E-state index in [1.807, 2.05) is 12.1 Å². The summed E-state index contributed by atoms with van der Waals surface area (Å²) in [5.41, 5.74) is -3.33. The number of carboxylic acids is 10. The smallest absolute Gasteiger partial charge is 0.331 e. The third kappa shape index (κ3) is 27.5. The highest BCUT2D eigenvalue weighted by molar-refractivity contribution is 5.93. The molecule has 0 aliphatic heterocycles. The lowest BCUT2D eigenvalue weighted by molar-refractivity contribution is -0.203. The Hall–Kier alpha value is -8.32. The van der Waals surface area contributed by atoms with Crippen LogP contribution < -0.4 is 0 Å². The van der Waals surface area contributed by atoms with Crippen LogP contribution in [0.2, 0.25) is 0 Å². The van der Waals surface area contributed by atoms with Gasteiger partial charge in [-0.25, -0.2) is 24.0 Å². The van der Waals surface area contributed by atoms with Crippen LogP contribution in [0.15, 0.2) is 109 Å². The van der Waals surface area contributed by atoms with Crippen LogP contribution in [0.1, 0.15) is 54.4 Å². The minimum Gasteiger partial charge on any atom is -0.481 e. The van der Waals surface area contributed by atoms with Crippen molar-refractivity contribution in [3.8, 4) is 0 Å². The summed E-state index contributed by atoms with van der Waals surface area (Å²) < 4.78 is 0. The molecule has 368 valence electrons. The number of hydrogen-bond donors (Lipinski definition) is 14. The molecule has 67 heavy (non-hydrogen) atoms. The Balaban J connectivity index is -0.000000378. The molecule has 0 saturated carbocycles. The lowest BCUT2D eigenvalue weighted by Gasteiger charge is -2.43. The second kappa shape index (κ2) is 32.4. The zero-order valence-electron chi connectivity index (χ0n) is 35.9. The molecular weight excluding hydrogens is 900 g/mol. The monoisotopic (exact) mass is 952 g/mol. The Morgan fingerprint density at radius 2 is 0.537 bits per heavy atom. The quantitative estimate of drug-likeness (QED) is 0.0842. The van der Waals surface area contributed by atoms with Gasteiger partial charge in [-0.1, -0.05) is 81.4 Å². The van der Waals surface area contributed by atoms with Gasteiger partial charge in [-0.3, -0.25) is 24.0 Å². The fourth-order valence-electron chi connectivity index (χ4n) is 4.24. The molecule has 0 spiro atoms. The van der Waals surface area contributed by atoms with Crippen LogP contribution in [0.3, 0.4) is 0 Å². The van der Waals surface area contributed by atoms with Crippen molar-refractivity contribution in [2.24, 2.45) is 0 Å². The van der Waals surface area contributed by atoms with Crippen molar-refractivity contribution in [1.29, 1.82) is 0 Å². The Kier molecular flexibility index (Phi) is 31.5. The van der Waals surface area contributed by atoms with Gasteiger partial charge in [0.05, 0.1) is 45.3 Å². The first kappa shape index (κ1) is 65.3.